The number of nitrogens with one attached hydrogen (secondary N) is 2. The predicted molar refractivity (Wildman–Crippen MR) is 146 cm³/mol. The van der Waals surface area contributed by atoms with E-state index in [1.807, 2.05) is 48.7 Å². The highest BCUT2D eigenvalue weighted by molar-refractivity contribution is 7.99. The number of rotatable bonds is 8. The Kier molecular flexibility index (Phi) is 6.52. The van der Waals surface area contributed by atoms with Crippen molar-refractivity contribution in [1.29, 1.82) is 0 Å². The minimum atomic E-state index is -0.0804. The van der Waals surface area contributed by atoms with Crippen LogP contribution in [0.3, 0.4) is 0 Å². The standard InChI is InChI=1S/C27H26N4O3S2/c32-23(29-15-18-6-5-13-34-18)16-35-27-30-24-20-8-2-4-10-22(20)36-25(24)26(33)31(27)12-11-17-14-28-21-9-3-1-7-19(17)21/h1-4,7-10,14,18,28H,5-6,11-13,15-16H2,(H,29,32)/t18-/m1/s1. The molecular formula is C27H26N4O3S2. The van der Waals surface area contributed by atoms with Crippen molar-refractivity contribution in [2.75, 3.05) is 18.9 Å². The summed E-state index contributed by atoms with van der Waals surface area (Å²) in [4.78, 5) is 34.5. The van der Waals surface area contributed by atoms with E-state index in [1.165, 1.54) is 23.1 Å². The molecule has 0 bridgehead atoms. The molecule has 1 fully saturated rings. The Bertz CT molecular complexity index is 1610. The first-order valence-corrected chi connectivity index (χ1v) is 14.0. The smallest absolute Gasteiger partial charge is 0.272 e. The zero-order valence-electron chi connectivity index (χ0n) is 19.7. The number of fused-ring (bicyclic) bond motifs is 4. The number of thiophene rings is 1. The van der Waals surface area contributed by atoms with E-state index in [-0.39, 0.29) is 23.3 Å². The van der Waals surface area contributed by atoms with Gasteiger partial charge in [-0.2, -0.15) is 0 Å². The van der Waals surface area contributed by atoms with E-state index in [4.69, 9.17) is 9.72 Å². The van der Waals surface area contributed by atoms with Crippen molar-refractivity contribution in [2.24, 2.45) is 0 Å². The monoisotopic (exact) mass is 518 g/mol. The molecule has 2 aromatic carbocycles. The average Bonchev–Trinajstić information content (AvgIpc) is 3.65. The van der Waals surface area contributed by atoms with Crippen molar-refractivity contribution in [3.8, 4) is 0 Å². The fourth-order valence-corrected chi connectivity index (χ4v) is 6.68. The number of nitrogens with zero attached hydrogens (tertiary/aromatic N) is 2. The molecule has 1 aliphatic heterocycles. The van der Waals surface area contributed by atoms with Crippen LogP contribution in [0.4, 0.5) is 0 Å². The zero-order valence-corrected chi connectivity index (χ0v) is 21.3. The number of H-pyrrole nitrogens is 1. The maximum atomic E-state index is 13.7. The third kappa shape index (κ3) is 4.54. The van der Waals surface area contributed by atoms with Crippen LogP contribution in [-0.2, 0) is 22.5 Å². The van der Waals surface area contributed by atoms with E-state index in [9.17, 15) is 9.59 Å². The first-order valence-electron chi connectivity index (χ1n) is 12.2. The molecule has 0 aliphatic carbocycles. The van der Waals surface area contributed by atoms with Gasteiger partial charge in [-0.15, -0.1) is 11.3 Å². The van der Waals surface area contributed by atoms with Crippen molar-refractivity contribution in [3.05, 3.63) is 70.6 Å². The lowest BCUT2D eigenvalue weighted by molar-refractivity contribution is -0.119. The minimum Gasteiger partial charge on any atom is -0.376 e. The Morgan fingerprint density at radius 3 is 2.89 bits per heavy atom. The van der Waals surface area contributed by atoms with Crippen molar-refractivity contribution in [3.63, 3.8) is 0 Å². The van der Waals surface area contributed by atoms with Crippen molar-refractivity contribution >= 4 is 60.2 Å². The SMILES string of the molecule is O=C(CSc1nc2c(sc3ccccc32)c(=O)n1CCc1c[nH]c2ccccc12)NC[C@H]1CCCO1. The van der Waals surface area contributed by atoms with Crippen LogP contribution in [0.5, 0.6) is 0 Å². The van der Waals surface area contributed by atoms with Crippen LogP contribution < -0.4 is 10.9 Å². The van der Waals surface area contributed by atoms with Gasteiger partial charge in [-0.05, 0) is 37.0 Å². The van der Waals surface area contributed by atoms with Crippen LogP contribution in [0.15, 0.2) is 64.7 Å². The first-order chi connectivity index (χ1) is 17.7. The topological polar surface area (TPSA) is 89.0 Å². The Hall–Kier alpha value is -3.14. The molecule has 6 rings (SSSR count). The van der Waals surface area contributed by atoms with Gasteiger partial charge in [-0.25, -0.2) is 4.98 Å². The van der Waals surface area contributed by atoms with Crippen molar-refractivity contribution in [1.82, 2.24) is 19.9 Å². The predicted octanol–water partition coefficient (Wildman–Crippen LogP) is 4.72. The summed E-state index contributed by atoms with van der Waals surface area (Å²) in [5.41, 5.74) is 2.89. The van der Waals surface area contributed by atoms with Crippen LogP contribution in [0.2, 0.25) is 0 Å². The van der Waals surface area contributed by atoms with Gasteiger partial charge in [0.05, 0.1) is 17.4 Å². The van der Waals surface area contributed by atoms with Crippen LogP contribution >= 0.6 is 23.1 Å². The Morgan fingerprint density at radius 1 is 1.19 bits per heavy atom. The molecule has 0 unspecified atom stereocenters. The normalized spacial score (nSPS) is 15.8. The largest absolute Gasteiger partial charge is 0.376 e. The van der Waals surface area contributed by atoms with Gasteiger partial charge in [0.25, 0.3) is 5.56 Å². The number of carbonyl (C=O) groups is 1. The second kappa shape index (κ2) is 10.1. The summed E-state index contributed by atoms with van der Waals surface area (Å²) in [6, 6.07) is 16.1. The highest BCUT2D eigenvalue weighted by Crippen LogP contribution is 2.32. The van der Waals surface area contributed by atoms with E-state index in [1.54, 1.807) is 4.57 Å². The molecule has 1 aliphatic rings. The maximum absolute atomic E-state index is 13.7. The van der Waals surface area contributed by atoms with Gasteiger partial charge in [0.2, 0.25) is 5.91 Å². The summed E-state index contributed by atoms with van der Waals surface area (Å²) in [6.45, 7) is 1.77. The molecule has 36 heavy (non-hydrogen) atoms. The quantitative estimate of drug-likeness (QED) is 0.229. The highest BCUT2D eigenvalue weighted by Gasteiger charge is 2.19. The van der Waals surface area contributed by atoms with Crippen molar-refractivity contribution in [2.45, 2.75) is 37.1 Å². The summed E-state index contributed by atoms with van der Waals surface area (Å²) >= 11 is 2.79. The van der Waals surface area contributed by atoms with E-state index < -0.39 is 0 Å². The number of aromatic amines is 1. The lowest BCUT2D eigenvalue weighted by atomic mass is 10.1. The summed E-state index contributed by atoms with van der Waals surface area (Å²) in [7, 11) is 0. The second-order valence-corrected chi connectivity index (χ2v) is 11.0. The third-order valence-corrected chi connectivity index (χ3v) is 8.73. The van der Waals surface area contributed by atoms with E-state index in [2.05, 4.69) is 16.4 Å². The molecule has 5 aromatic rings. The number of benzene rings is 2. The van der Waals surface area contributed by atoms with Gasteiger partial charge >= 0.3 is 0 Å². The van der Waals surface area contributed by atoms with Gasteiger partial charge < -0.3 is 15.0 Å². The fraction of sp³-hybridized carbons (Fsp3) is 0.296. The molecule has 184 valence electrons. The Morgan fingerprint density at radius 2 is 2.03 bits per heavy atom. The van der Waals surface area contributed by atoms with Crippen molar-refractivity contribution < 1.29 is 9.53 Å². The zero-order chi connectivity index (χ0) is 24.5. The lowest BCUT2D eigenvalue weighted by Gasteiger charge is -2.13. The summed E-state index contributed by atoms with van der Waals surface area (Å²) < 4.78 is 9.03. The number of ether oxygens (including phenoxy) is 1. The minimum absolute atomic E-state index is 0.0525. The van der Waals surface area contributed by atoms with Crippen LogP contribution in [0, 0.1) is 0 Å². The molecule has 0 radical (unpaired) electrons. The fourth-order valence-electron chi connectivity index (χ4n) is 4.75. The van der Waals surface area contributed by atoms with Gasteiger partial charge in [0, 0.05) is 46.9 Å². The number of para-hydroxylation sites is 1. The lowest BCUT2D eigenvalue weighted by Crippen LogP contribution is -2.33. The molecule has 3 aromatic heterocycles. The molecule has 2 N–H and O–H groups in total. The van der Waals surface area contributed by atoms with Gasteiger partial charge in [0.1, 0.15) is 4.70 Å². The molecule has 0 saturated carbocycles. The number of amides is 1. The molecule has 4 heterocycles. The Labute approximate surface area is 215 Å². The highest BCUT2D eigenvalue weighted by atomic mass is 32.2. The van der Waals surface area contributed by atoms with E-state index >= 15 is 0 Å². The third-order valence-electron chi connectivity index (χ3n) is 6.61. The molecule has 9 heteroatoms. The molecule has 0 spiro atoms. The van der Waals surface area contributed by atoms with Crippen LogP contribution in [-0.4, -0.2) is 45.5 Å². The Balaban J connectivity index is 1.29. The van der Waals surface area contributed by atoms with Gasteiger partial charge in [0.15, 0.2) is 5.16 Å². The molecule has 1 saturated heterocycles. The number of carbonyl (C=O) groups excluding carboxylic acids is 1. The number of hydrogen-bond acceptors (Lipinski definition) is 6. The van der Waals surface area contributed by atoms with Gasteiger partial charge in [-0.3, -0.25) is 14.2 Å². The summed E-state index contributed by atoms with van der Waals surface area (Å²) in [5, 5.41) is 5.67. The van der Waals surface area contributed by atoms with E-state index in [0.29, 0.717) is 34.9 Å². The van der Waals surface area contributed by atoms with Crippen LogP contribution in [0.1, 0.15) is 18.4 Å². The average molecular weight is 519 g/mol. The van der Waals surface area contributed by atoms with Gasteiger partial charge in [-0.1, -0.05) is 48.2 Å². The molecular weight excluding hydrogens is 492 g/mol. The summed E-state index contributed by atoms with van der Waals surface area (Å²) in [6.07, 6.45) is 4.80. The molecule has 1 amide bonds. The number of thioether (sulfide) groups is 1. The maximum Gasteiger partial charge on any atom is 0.272 e. The number of aromatic nitrogens is 3. The molecule has 7 nitrogen and oxygen atoms in total. The number of aryl methyl sites for hydroxylation is 1. The molecule has 1 atom stereocenters. The van der Waals surface area contributed by atoms with Crippen LogP contribution in [0.25, 0.3) is 31.2 Å². The van der Waals surface area contributed by atoms with E-state index in [0.717, 1.165) is 46.0 Å². The first kappa shape index (κ1) is 23.3. The number of hydrogen-bond donors (Lipinski definition) is 2. The summed E-state index contributed by atoms with van der Waals surface area (Å²) in [5.74, 6) is 0.114. The second-order valence-electron chi connectivity index (χ2n) is 8.96.